The Hall–Kier alpha value is -1.15. The molecule has 0 aliphatic carbocycles. The summed E-state index contributed by atoms with van der Waals surface area (Å²) in [5.41, 5.74) is 7.73. The summed E-state index contributed by atoms with van der Waals surface area (Å²) < 4.78 is 0. The van der Waals surface area contributed by atoms with Gasteiger partial charge >= 0.3 is 0 Å². The van der Waals surface area contributed by atoms with Crippen LogP contribution < -0.4 is 5.73 Å². The first-order chi connectivity index (χ1) is 7.13. The van der Waals surface area contributed by atoms with E-state index in [1.807, 2.05) is 31.2 Å². The largest absolute Gasteiger partial charge is 0.327 e. The second-order valence-electron chi connectivity index (χ2n) is 4.05. The molecule has 0 amide bonds. The minimum absolute atomic E-state index is 0.00279. The molecule has 0 aliphatic rings. The molecule has 2 heteroatoms. The summed E-state index contributed by atoms with van der Waals surface area (Å²) in [7, 11) is 0. The van der Waals surface area contributed by atoms with Gasteiger partial charge in [0.25, 0.3) is 0 Å². The minimum atomic E-state index is 0.00279. The molecule has 0 saturated carbocycles. The third-order valence-corrected chi connectivity index (χ3v) is 2.45. The van der Waals surface area contributed by atoms with Gasteiger partial charge in [0.2, 0.25) is 0 Å². The smallest absolute Gasteiger partial charge is 0.164 e. The van der Waals surface area contributed by atoms with Crippen molar-refractivity contribution in [2.24, 2.45) is 5.73 Å². The van der Waals surface area contributed by atoms with Crippen molar-refractivity contribution in [2.45, 2.75) is 39.2 Å². The number of rotatable bonds is 5. The Morgan fingerprint density at radius 3 is 2.80 bits per heavy atom. The lowest BCUT2D eigenvalue weighted by molar-refractivity contribution is 0.0973. The SMILES string of the molecule is CCCC(N)CC(=O)c1cccc(C)c1. The van der Waals surface area contributed by atoms with Crippen molar-refractivity contribution in [2.75, 3.05) is 0 Å². The van der Waals surface area contributed by atoms with Crippen LogP contribution in [0.15, 0.2) is 24.3 Å². The first-order valence-corrected chi connectivity index (χ1v) is 5.49. The second-order valence-corrected chi connectivity index (χ2v) is 4.05. The zero-order valence-electron chi connectivity index (χ0n) is 9.49. The van der Waals surface area contributed by atoms with E-state index in [1.54, 1.807) is 0 Å². The number of carbonyl (C=O) groups excluding carboxylic acids is 1. The quantitative estimate of drug-likeness (QED) is 0.751. The maximum absolute atomic E-state index is 11.8. The van der Waals surface area contributed by atoms with E-state index in [-0.39, 0.29) is 11.8 Å². The van der Waals surface area contributed by atoms with Crippen LogP contribution in [0.1, 0.15) is 42.1 Å². The maximum atomic E-state index is 11.8. The third kappa shape index (κ3) is 3.84. The van der Waals surface area contributed by atoms with Crippen molar-refractivity contribution < 1.29 is 4.79 Å². The van der Waals surface area contributed by atoms with Gasteiger partial charge in [-0.25, -0.2) is 0 Å². The maximum Gasteiger partial charge on any atom is 0.164 e. The Morgan fingerprint density at radius 1 is 1.47 bits per heavy atom. The van der Waals surface area contributed by atoms with Gasteiger partial charge in [-0.05, 0) is 19.4 Å². The van der Waals surface area contributed by atoms with E-state index in [0.717, 1.165) is 24.0 Å². The van der Waals surface area contributed by atoms with E-state index >= 15 is 0 Å². The topological polar surface area (TPSA) is 43.1 Å². The van der Waals surface area contributed by atoms with Gasteiger partial charge in [0.05, 0.1) is 0 Å². The molecule has 1 aromatic carbocycles. The van der Waals surface area contributed by atoms with Crippen molar-refractivity contribution >= 4 is 5.78 Å². The van der Waals surface area contributed by atoms with Crippen LogP contribution in [0, 0.1) is 6.92 Å². The summed E-state index contributed by atoms with van der Waals surface area (Å²) >= 11 is 0. The Morgan fingerprint density at radius 2 is 2.20 bits per heavy atom. The molecule has 2 N–H and O–H groups in total. The summed E-state index contributed by atoms with van der Waals surface area (Å²) in [5.74, 6) is 0.152. The molecular weight excluding hydrogens is 186 g/mol. The lowest BCUT2D eigenvalue weighted by Crippen LogP contribution is -2.23. The van der Waals surface area contributed by atoms with Gasteiger partial charge in [0.1, 0.15) is 0 Å². The number of aryl methyl sites for hydroxylation is 1. The Balaban J connectivity index is 2.61. The van der Waals surface area contributed by atoms with Gasteiger partial charge < -0.3 is 5.73 Å². The Kier molecular flexibility index (Phi) is 4.50. The minimum Gasteiger partial charge on any atom is -0.327 e. The molecule has 1 aromatic rings. The molecule has 1 atom stereocenters. The molecule has 2 nitrogen and oxygen atoms in total. The average molecular weight is 205 g/mol. The van der Waals surface area contributed by atoms with Crippen molar-refractivity contribution in [3.8, 4) is 0 Å². The van der Waals surface area contributed by atoms with Gasteiger partial charge in [-0.15, -0.1) is 0 Å². The molecule has 15 heavy (non-hydrogen) atoms. The molecular formula is C13H19NO. The highest BCUT2D eigenvalue weighted by Gasteiger charge is 2.10. The number of ketones is 1. The fourth-order valence-corrected chi connectivity index (χ4v) is 1.65. The molecule has 0 fully saturated rings. The fraction of sp³-hybridized carbons (Fsp3) is 0.462. The third-order valence-electron chi connectivity index (χ3n) is 2.45. The van der Waals surface area contributed by atoms with Crippen molar-refractivity contribution in [1.82, 2.24) is 0 Å². The molecule has 0 bridgehead atoms. The summed E-state index contributed by atoms with van der Waals surface area (Å²) in [6.45, 7) is 4.07. The second kappa shape index (κ2) is 5.66. The number of nitrogens with two attached hydrogens (primary N) is 1. The molecule has 0 aliphatic heterocycles. The average Bonchev–Trinajstić information content (AvgIpc) is 2.18. The van der Waals surface area contributed by atoms with E-state index in [1.165, 1.54) is 0 Å². The fourth-order valence-electron chi connectivity index (χ4n) is 1.65. The van der Waals surface area contributed by atoms with E-state index in [9.17, 15) is 4.79 Å². The van der Waals surface area contributed by atoms with Crippen LogP contribution in [-0.4, -0.2) is 11.8 Å². The molecule has 0 radical (unpaired) electrons. The molecule has 0 aromatic heterocycles. The normalized spacial score (nSPS) is 12.5. The van der Waals surface area contributed by atoms with Gasteiger partial charge in [-0.2, -0.15) is 0 Å². The predicted molar refractivity (Wildman–Crippen MR) is 63.0 cm³/mol. The van der Waals surface area contributed by atoms with Crippen molar-refractivity contribution in [3.63, 3.8) is 0 Å². The van der Waals surface area contributed by atoms with Crippen LogP contribution >= 0.6 is 0 Å². The Bertz CT molecular complexity index is 333. The van der Waals surface area contributed by atoms with Crippen LogP contribution in [0.5, 0.6) is 0 Å². The number of hydrogen-bond acceptors (Lipinski definition) is 2. The molecule has 0 spiro atoms. The van der Waals surface area contributed by atoms with Crippen molar-refractivity contribution in [1.29, 1.82) is 0 Å². The number of carbonyl (C=O) groups is 1. The summed E-state index contributed by atoms with van der Waals surface area (Å²) in [6, 6.07) is 7.68. The van der Waals surface area contributed by atoms with E-state index < -0.39 is 0 Å². The number of benzene rings is 1. The number of hydrogen-bond donors (Lipinski definition) is 1. The first kappa shape index (κ1) is 11.9. The van der Waals surface area contributed by atoms with Crippen LogP contribution in [0.4, 0.5) is 0 Å². The molecule has 1 rings (SSSR count). The van der Waals surface area contributed by atoms with E-state index in [2.05, 4.69) is 6.92 Å². The highest BCUT2D eigenvalue weighted by atomic mass is 16.1. The lowest BCUT2D eigenvalue weighted by atomic mass is 10.0. The van der Waals surface area contributed by atoms with Crippen LogP contribution in [0.3, 0.4) is 0 Å². The van der Waals surface area contributed by atoms with Crippen LogP contribution in [-0.2, 0) is 0 Å². The van der Waals surface area contributed by atoms with Crippen molar-refractivity contribution in [3.05, 3.63) is 35.4 Å². The van der Waals surface area contributed by atoms with E-state index in [4.69, 9.17) is 5.73 Å². The van der Waals surface area contributed by atoms with Gasteiger partial charge in [0, 0.05) is 18.0 Å². The molecule has 1 unspecified atom stereocenters. The Labute approximate surface area is 91.5 Å². The zero-order valence-corrected chi connectivity index (χ0v) is 9.49. The van der Waals surface area contributed by atoms with Gasteiger partial charge in [-0.3, -0.25) is 4.79 Å². The summed E-state index contributed by atoms with van der Waals surface area (Å²) in [4.78, 5) is 11.8. The first-order valence-electron chi connectivity index (χ1n) is 5.49. The monoisotopic (exact) mass is 205 g/mol. The standard InChI is InChI=1S/C13H19NO/c1-3-5-12(14)9-13(15)11-7-4-6-10(2)8-11/h4,6-8,12H,3,5,9,14H2,1-2H3. The van der Waals surface area contributed by atoms with Gasteiger partial charge in [0.15, 0.2) is 5.78 Å². The molecule has 82 valence electrons. The number of Topliss-reactive ketones (excluding diaryl/α,β-unsaturated/α-hetero) is 1. The van der Waals surface area contributed by atoms with Crippen LogP contribution in [0.2, 0.25) is 0 Å². The zero-order chi connectivity index (χ0) is 11.3. The van der Waals surface area contributed by atoms with Crippen LogP contribution in [0.25, 0.3) is 0 Å². The van der Waals surface area contributed by atoms with E-state index in [0.29, 0.717) is 6.42 Å². The lowest BCUT2D eigenvalue weighted by Gasteiger charge is -2.09. The molecule has 0 heterocycles. The molecule has 0 saturated heterocycles. The predicted octanol–water partition coefficient (Wildman–Crippen LogP) is 2.70. The highest BCUT2D eigenvalue weighted by Crippen LogP contribution is 2.09. The van der Waals surface area contributed by atoms with Gasteiger partial charge in [-0.1, -0.05) is 37.1 Å². The summed E-state index contributed by atoms with van der Waals surface area (Å²) in [6.07, 6.45) is 2.40. The summed E-state index contributed by atoms with van der Waals surface area (Å²) in [5, 5.41) is 0. The highest BCUT2D eigenvalue weighted by molar-refractivity contribution is 5.96.